The standard InChI is InChI=1S/C8H12N2.2ClH/c1-6-3-4-8(5-9)10-7(6)2;;/h3-4H,5,9H2,1-2H3;2*1H. The Morgan fingerprint density at radius 1 is 1.25 bits per heavy atom. The molecule has 0 saturated heterocycles. The number of halogens is 2. The van der Waals surface area contributed by atoms with Gasteiger partial charge in [0.05, 0.1) is 5.69 Å². The molecule has 1 aromatic rings. The number of hydrogen-bond donors (Lipinski definition) is 1. The van der Waals surface area contributed by atoms with E-state index in [1.165, 1.54) is 5.56 Å². The molecule has 1 aromatic heterocycles. The Kier molecular flexibility index (Phi) is 7.39. The molecule has 12 heavy (non-hydrogen) atoms. The first-order chi connectivity index (χ1) is 4.74. The second kappa shape index (κ2) is 6.23. The van der Waals surface area contributed by atoms with E-state index in [1.54, 1.807) is 0 Å². The molecule has 0 aliphatic rings. The Balaban J connectivity index is 0. The molecule has 1 rings (SSSR count). The molecule has 0 spiro atoms. The van der Waals surface area contributed by atoms with Crippen LogP contribution in [0, 0.1) is 13.8 Å². The molecule has 0 aliphatic carbocycles. The van der Waals surface area contributed by atoms with Gasteiger partial charge in [0.15, 0.2) is 0 Å². The fourth-order valence-corrected chi connectivity index (χ4v) is 0.796. The molecule has 0 bridgehead atoms. The maximum absolute atomic E-state index is 5.41. The summed E-state index contributed by atoms with van der Waals surface area (Å²) in [6.45, 7) is 4.57. The second-order valence-electron chi connectivity index (χ2n) is 2.41. The number of hydrogen-bond acceptors (Lipinski definition) is 2. The van der Waals surface area contributed by atoms with Crippen molar-refractivity contribution in [2.24, 2.45) is 5.73 Å². The highest BCUT2D eigenvalue weighted by Crippen LogP contribution is 2.03. The zero-order valence-corrected chi connectivity index (χ0v) is 8.84. The summed E-state index contributed by atoms with van der Waals surface area (Å²) in [6, 6.07) is 4.01. The Bertz CT molecular complexity index is 238. The topological polar surface area (TPSA) is 38.9 Å². The largest absolute Gasteiger partial charge is 0.325 e. The summed E-state index contributed by atoms with van der Waals surface area (Å²) >= 11 is 0. The lowest BCUT2D eigenvalue weighted by Gasteiger charge is -2.00. The van der Waals surface area contributed by atoms with Crippen molar-refractivity contribution < 1.29 is 0 Å². The van der Waals surface area contributed by atoms with E-state index in [0.717, 1.165) is 11.4 Å². The van der Waals surface area contributed by atoms with Crippen molar-refractivity contribution in [1.29, 1.82) is 0 Å². The molecule has 0 aliphatic heterocycles. The van der Waals surface area contributed by atoms with E-state index in [2.05, 4.69) is 4.98 Å². The Hall–Kier alpha value is -0.310. The summed E-state index contributed by atoms with van der Waals surface area (Å²) in [6.07, 6.45) is 0. The van der Waals surface area contributed by atoms with Crippen LogP contribution in [0.2, 0.25) is 0 Å². The van der Waals surface area contributed by atoms with Crippen molar-refractivity contribution in [3.8, 4) is 0 Å². The van der Waals surface area contributed by atoms with Crippen LogP contribution in [0.5, 0.6) is 0 Å². The Morgan fingerprint density at radius 3 is 2.25 bits per heavy atom. The van der Waals surface area contributed by atoms with Crippen molar-refractivity contribution in [3.05, 3.63) is 29.1 Å². The lowest BCUT2D eigenvalue weighted by molar-refractivity contribution is 0.960. The summed E-state index contributed by atoms with van der Waals surface area (Å²) < 4.78 is 0. The summed E-state index contributed by atoms with van der Waals surface area (Å²) in [5.41, 5.74) is 8.66. The van der Waals surface area contributed by atoms with Crippen molar-refractivity contribution in [3.63, 3.8) is 0 Å². The molecular formula is C8H14Cl2N2. The van der Waals surface area contributed by atoms with Gasteiger partial charge in [-0.15, -0.1) is 24.8 Å². The van der Waals surface area contributed by atoms with Crippen LogP contribution in [0.1, 0.15) is 17.0 Å². The van der Waals surface area contributed by atoms with Crippen LogP contribution in [-0.4, -0.2) is 4.98 Å². The predicted molar refractivity (Wildman–Crippen MR) is 56.1 cm³/mol. The van der Waals surface area contributed by atoms with Gasteiger partial charge in [-0.1, -0.05) is 6.07 Å². The van der Waals surface area contributed by atoms with Crippen LogP contribution in [0.3, 0.4) is 0 Å². The fraction of sp³-hybridized carbons (Fsp3) is 0.375. The Morgan fingerprint density at radius 2 is 1.83 bits per heavy atom. The molecule has 70 valence electrons. The highest BCUT2D eigenvalue weighted by Gasteiger charge is 1.93. The van der Waals surface area contributed by atoms with Gasteiger partial charge in [-0.3, -0.25) is 4.98 Å². The van der Waals surface area contributed by atoms with Gasteiger partial charge in [0.2, 0.25) is 0 Å². The minimum Gasteiger partial charge on any atom is -0.325 e. The van der Waals surface area contributed by atoms with Gasteiger partial charge >= 0.3 is 0 Å². The fourth-order valence-electron chi connectivity index (χ4n) is 0.796. The van der Waals surface area contributed by atoms with E-state index in [9.17, 15) is 0 Å². The zero-order valence-electron chi connectivity index (χ0n) is 7.20. The first kappa shape index (κ1) is 14.2. The smallest absolute Gasteiger partial charge is 0.0542 e. The van der Waals surface area contributed by atoms with Crippen LogP contribution in [0.25, 0.3) is 0 Å². The number of pyridine rings is 1. The van der Waals surface area contributed by atoms with E-state index in [4.69, 9.17) is 5.73 Å². The maximum Gasteiger partial charge on any atom is 0.0542 e. The van der Waals surface area contributed by atoms with Gasteiger partial charge in [-0.2, -0.15) is 0 Å². The molecule has 0 unspecified atom stereocenters. The first-order valence-electron chi connectivity index (χ1n) is 3.37. The average Bonchev–Trinajstić information content (AvgIpc) is 1.95. The van der Waals surface area contributed by atoms with Gasteiger partial charge in [0.25, 0.3) is 0 Å². The quantitative estimate of drug-likeness (QED) is 0.768. The lowest BCUT2D eigenvalue weighted by Crippen LogP contribution is -2.00. The van der Waals surface area contributed by atoms with Crippen molar-refractivity contribution in [2.75, 3.05) is 0 Å². The van der Waals surface area contributed by atoms with Gasteiger partial charge < -0.3 is 5.73 Å². The van der Waals surface area contributed by atoms with Crippen molar-refractivity contribution in [2.45, 2.75) is 20.4 Å². The molecule has 0 amide bonds. The number of nitrogens with two attached hydrogens (primary N) is 1. The monoisotopic (exact) mass is 208 g/mol. The first-order valence-corrected chi connectivity index (χ1v) is 3.37. The van der Waals surface area contributed by atoms with Gasteiger partial charge in [0.1, 0.15) is 0 Å². The lowest BCUT2D eigenvalue weighted by atomic mass is 10.2. The van der Waals surface area contributed by atoms with Crippen molar-refractivity contribution in [1.82, 2.24) is 4.98 Å². The predicted octanol–water partition coefficient (Wildman–Crippen LogP) is 2.00. The minimum atomic E-state index is 0. The van der Waals surface area contributed by atoms with E-state index in [-0.39, 0.29) is 24.8 Å². The molecule has 1 heterocycles. The molecule has 0 fully saturated rings. The third-order valence-electron chi connectivity index (χ3n) is 1.62. The van der Waals surface area contributed by atoms with E-state index in [1.807, 2.05) is 26.0 Å². The molecule has 2 N–H and O–H groups in total. The molecular weight excluding hydrogens is 195 g/mol. The highest BCUT2D eigenvalue weighted by atomic mass is 35.5. The summed E-state index contributed by atoms with van der Waals surface area (Å²) in [4.78, 5) is 4.27. The third kappa shape index (κ3) is 3.39. The minimum absolute atomic E-state index is 0. The van der Waals surface area contributed by atoms with Gasteiger partial charge in [-0.25, -0.2) is 0 Å². The summed E-state index contributed by atoms with van der Waals surface area (Å²) in [5.74, 6) is 0. The number of aryl methyl sites for hydroxylation is 2. The summed E-state index contributed by atoms with van der Waals surface area (Å²) in [5, 5.41) is 0. The van der Waals surface area contributed by atoms with E-state index in [0.29, 0.717) is 6.54 Å². The van der Waals surface area contributed by atoms with Crippen LogP contribution in [-0.2, 0) is 6.54 Å². The van der Waals surface area contributed by atoms with Crippen LogP contribution in [0.15, 0.2) is 12.1 Å². The van der Waals surface area contributed by atoms with E-state index >= 15 is 0 Å². The van der Waals surface area contributed by atoms with E-state index < -0.39 is 0 Å². The van der Waals surface area contributed by atoms with Crippen LogP contribution >= 0.6 is 24.8 Å². The van der Waals surface area contributed by atoms with Gasteiger partial charge in [0, 0.05) is 12.2 Å². The van der Waals surface area contributed by atoms with Crippen LogP contribution in [0.4, 0.5) is 0 Å². The number of rotatable bonds is 1. The molecule has 4 heteroatoms. The van der Waals surface area contributed by atoms with Crippen molar-refractivity contribution >= 4 is 24.8 Å². The van der Waals surface area contributed by atoms with Crippen LogP contribution < -0.4 is 5.73 Å². The molecule has 0 radical (unpaired) electrons. The normalized spacial score (nSPS) is 8.25. The highest BCUT2D eigenvalue weighted by molar-refractivity contribution is 5.85. The third-order valence-corrected chi connectivity index (χ3v) is 1.62. The maximum atomic E-state index is 5.41. The molecule has 0 saturated carbocycles. The summed E-state index contributed by atoms with van der Waals surface area (Å²) in [7, 11) is 0. The average molecular weight is 209 g/mol. The number of nitrogens with zero attached hydrogens (tertiary/aromatic N) is 1. The molecule has 2 nitrogen and oxygen atoms in total. The molecule has 0 atom stereocenters. The SMILES string of the molecule is Cc1ccc(CN)nc1C.Cl.Cl. The number of aromatic nitrogens is 1. The Labute approximate surface area is 85.4 Å². The van der Waals surface area contributed by atoms with Gasteiger partial charge in [-0.05, 0) is 25.5 Å². The second-order valence-corrected chi connectivity index (χ2v) is 2.41. The molecule has 0 aromatic carbocycles. The zero-order chi connectivity index (χ0) is 7.56.